The zero-order valence-electron chi connectivity index (χ0n) is 26.1. The SMILES string of the molecule is CCC(C(=O)NCC(C)C)N(Cc1cccc(C)c1)C(=O)CN(c1ccc(C)cc1)S(=O)(=O)c1ccc(OC)c(OC)c1. The van der Waals surface area contributed by atoms with Gasteiger partial charge in [0.05, 0.1) is 24.8 Å². The van der Waals surface area contributed by atoms with Crippen LogP contribution in [0.4, 0.5) is 5.69 Å². The summed E-state index contributed by atoms with van der Waals surface area (Å²) in [7, 11) is -1.37. The predicted molar refractivity (Wildman–Crippen MR) is 169 cm³/mol. The molecule has 1 unspecified atom stereocenters. The van der Waals surface area contributed by atoms with Gasteiger partial charge in [-0.1, -0.05) is 68.3 Å². The van der Waals surface area contributed by atoms with E-state index in [9.17, 15) is 18.0 Å². The fourth-order valence-electron chi connectivity index (χ4n) is 4.69. The molecular weight excluding hydrogens is 566 g/mol. The van der Waals surface area contributed by atoms with E-state index in [2.05, 4.69) is 5.32 Å². The number of nitrogens with one attached hydrogen (secondary N) is 1. The molecule has 0 aromatic heterocycles. The summed E-state index contributed by atoms with van der Waals surface area (Å²) in [5.41, 5.74) is 3.11. The van der Waals surface area contributed by atoms with Crippen molar-refractivity contribution in [3.8, 4) is 11.5 Å². The fraction of sp³-hybridized carbons (Fsp3) is 0.394. The number of hydrogen-bond donors (Lipinski definition) is 1. The molecule has 3 aromatic rings. The van der Waals surface area contributed by atoms with Crippen LogP contribution < -0.4 is 19.1 Å². The highest BCUT2D eigenvalue weighted by molar-refractivity contribution is 7.92. The molecule has 3 rings (SSSR count). The highest BCUT2D eigenvalue weighted by Crippen LogP contribution is 2.32. The lowest BCUT2D eigenvalue weighted by molar-refractivity contribution is -0.140. The molecular formula is C33H43N3O6S. The number of methoxy groups -OCH3 is 2. The minimum atomic E-state index is -4.26. The lowest BCUT2D eigenvalue weighted by Crippen LogP contribution is -2.52. The summed E-state index contributed by atoms with van der Waals surface area (Å²) in [5.74, 6) is 0.0696. The van der Waals surface area contributed by atoms with Crippen molar-refractivity contribution >= 4 is 27.5 Å². The topological polar surface area (TPSA) is 105 Å². The van der Waals surface area contributed by atoms with Crippen molar-refractivity contribution in [2.24, 2.45) is 5.92 Å². The predicted octanol–water partition coefficient (Wildman–Crippen LogP) is 5.10. The molecule has 1 atom stereocenters. The average Bonchev–Trinajstić information content (AvgIpc) is 2.98. The molecule has 0 fully saturated rings. The van der Waals surface area contributed by atoms with E-state index in [4.69, 9.17) is 9.47 Å². The molecule has 2 amide bonds. The third kappa shape index (κ3) is 8.50. The van der Waals surface area contributed by atoms with Crippen LogP contribution in [0.3, 0.4) is 0 Å². The Kier molecular flexibility index (Phi) is 11.6. The van der Waals surface area contributed by atoms with Gasteiger partial charge in [-0.05, 0) is 56.0 Å². The highest BCUT2D eigenvalue weighted by atomic mass is 32.2. The zero-order valence-corrected chi connectivity index (χ0v) is 26.9. The molecule has 0 saturated carbocycles. The fourth-order valence-corrected chi connectivity index (χ4v) is 6.12. The molecule has 3 aromatic carbocycles. The summed E-state index contributed by atoms with van der Waals surface area (Å²) in [6.07, 6.45) is 0.356. The molecule has 0 aliphatic heterocycles. The Morgan fingerprint density at radius 1 is 0.884 bits per heavy atom. The minimum absolute atomic E-state index is 0.0644. The molecule has 10 heteroatoms. The van der Waals surface area contributed by atoms with Crippen LogP contribution in [0.15, 0.2) is 71.6 Å². The number of carbonyl (C=O) groups excluding carboxylic acids is 2. The minimum Gasteiger partial charge on any atom is -0.493 e. The Morgan fingerprint density at radius 3 is 2.14 bits per heavy atom. The lowest BCUT2D eigenvalue weighted by atomic mass is 10.1. The number of carbonyl (C=O) groups is 2. The normalized spacial score (nSPS) is 12.0. The molecule has 0 heterocycles. The molecule has 0 bridgehead atoms. The maximum atomic E-state index is 14.2. The van der Waals surface area contributed by atoms with E-state index in [0.29, 0.717) is 24.4 Å². The molecule has 232 valence electrons. The Morgan fingerprint density at radius 2 is 1.56 bits per heavy atom. The lowest BCUT2D eigenvalue weighted by Gasteiger charge is -2.33. The number of sulfonamides is 1. The number of aryl methyl sites for hydroxylation is 2. The summed E-state index contributed by atoms with van der Waals surface area (Å²) in [6.45, 7) is 9.78. The second-order valence-electron chi connectivity index (χ2n) is 10.9. The monoisotopic (exact) mass is 609 g/mol. The van der Waals surface area contributed by atoms with Gasteiger partial charge in [0.2, 0.25) is 11.8 Å². The van der Waals surface area contributed by atoms with Gasteiger partial charge in [-0.3, -0.25) is 13.9 Å². The molecule has 0 radical (unpaired) electrons. The van der Waals surface area contributed by atoms with Gasteiger partial charge in [0.1, 0.15) is 12.6 Å². The van der Waals surface area contributed by atoms with Gasteiger partial charge in [0.15, 0.2) is 11.5 Å². The van der Waals surface area contributed by atoms with Gasteiger partial charge in [-0.15, -0.1) is 0 Å². The number of amides is 2. The summed E-state index contributed by atoms with van der Waals surface area (Å²) in [6, 6.07) is 18.1. The average molecular weight is 610 g/mol. The summed E-state index contributed by atoms with van der Waals surface area (Å²) in [4.78, 5) is 29.0. The van der Waals surface area contributed by atoms with Crippen molar-refractivity contribution < 1.29 is 27.5 Å². The standard InChI is InChI=1S/C33H43N3O6S/c1-8-29(33(38)34-20-23(2)3)35(21-26-11-9-10-25(5)18-26)32(37)22-36(27-14-12-24(4)13-15-27)43(39,40)28-16-17-30(41-6)31(19-28)42-7/h9-19,23,29H,8,20-22H2,1-7H3,(H,34,38). The van der Waals surface area contributed by atoms with Gasteiger partial charge < -0.3 is 19.7 Å². The van der Waals surface area contributed by atoms with Crippen LogP contribution in [0.5, 0.6) is 11.5 Å². The Bertz CT molecular complexity index is 1510. The maximum Gasteiger partial charge on any atom is 0.264 e. The molecule has 0 aliphatic carbocycles. The smallest absolute Gasteiger partial charge is 0.264 e. The van der Waals surface area contributed by atoms with Crippen LogP contribution in [0, 0.1) is 19.8 Å². The first-order chi connectivity index (χ1) is 20.4. The van der Waals surface area contributed by atoms with Crippen molar-refractivity contribution in [1.82, 2.24) is 10.2 Å². The van der Waals surface area contributed by atoms with Gasteiger partial charge in [-0.2, -0.15) is 0 Å². The first-order valence-corrected chi connectivity index (χ1v) is 15.8. The quantitative estimate of drug-likeness (QED) is 0.273. The highest BCUT2D eigenvalue weighted by Gasteiger charge is 2.34. The molecule has 43 heavy (non-hydrogen) atoms. The van der Waals surface area contributed by atoms with Crippen molar-refractivity contribution in [3.05, 3.63) is 83.4 Å². The zero-order chi connectivity index (χ0) is 31.7. The summed E-state index contributed by atoms with van der Waals surface area (Å²) >= 11 is 0. The molecule has 0 aliphatic rings. The van der Waals surface area contributed by atoms with Crippen molar-refractivity contribution in [1.29, 1.82) is 0 Å². The van der Waals surface area contributed by atoms with E-state index in [1.807, 2.05) is 58.9 Å². The Hall–Kier alpha value is -4.05. The van der Waals surface area contributed by atoms with E-state index in [1.54, 1.807) is 24.3 Å². The number of rotatable bonds is 14. The van der Waals surface area contributed by atoms with E-state index in [0.717, 1.165) is 21.0 Å². The number of nitrogens with zero attached hydrogens (tertiary/aromatic N) is 2. The summed E-state index contributed by atoms with van der Waals surface area (Å²) in [5, 5.41) is 2.95. The van der Waals surface area contributed by atoms with Crippen LogP contribution in [0.25, 0.3) is 0 Å². The van der Waals surface area contributed by atoms with Crippen molar-refractivity contribution in [2.45, 2.75) is 58.5 Å². The van der Waals surface area contributed by atoms with Gasteiger partial charge in [0, 0.05) is 19.2 Å². The van der Waals surface area contributed by atoms with Gasteiger partial charge >= 0.3 is 0 Å². The van der Waals surface area contributed by atoms with Gasteiger partial charge in [-0.25, -0.2) is 8.42 Å². The second-order valence-corrected chi connectivity index (χ2v) is 12.8. The van der Waals surface area contributed by atoms with Crippen molar-refractivity contribution in [2.75, 3.05) is 31.6 Å². The van der Waals surface area contributed by atoms with Crippen molar-refractivity contribution in [3.63, 3.8) is 0 Å². The number of ether oxygens (including phenoxy) is 2. The molecule has 0 spiro atoms. The second kappa shape index (κ2) is 14.9. The van der Waals surface area contributed by atoms with E-state index in [1.165, 1.54) is 37.3 Å². The van der Waals surface area contributed by atoms with E-state index >= 15 is 0 Å². The van der Waals surface area contributed by atoms with Crippen LogP contribution >= 0.6 is 0 Å². The maximum absolute atomic E-state index is 14.2. The molecule has 0 saturated heterocycles. The first kappa shape index (κ1) is 33.5. The Balaban J connectivity index is 2.08. The third-order valence-electron chi connectivity index (χ3n) is 7.05. The number of benzene rings is 3. The number of anilines is 1. The van der Waals surface area contributed by atoms with Gasteiger partial charge in [0.25, 0.3) is 10.0 Å². The van der Waals surface area contributed by atoms with Crippen LogP contribution in [0.1, 0.15) is 43.9 Å². The summed E-state index contributed by atoms with van der Waals surface area (Å²) < 4.78 is 40.1. The number of hydrogen-bond acceptors (Lipinski definition) is 6. The largest absolute Gasteiger partial charge is 0.493 e. The Labute approximate surface area is 255 Å². The van der Waals surface area contributed by atoms with E-state index < -0.39 is 28.5 Å². The molecule has 1 N–H and O–H groups in total. The van der Waals surface area contributed by atoms with Crippen LogP contribution in [0.2, 0.25) is 0 Å². The molecule has 9 nitrogen and oxygen atoms in total. The first-order valence-electron chi connectivity index (χ1n) is 14.3. The van der Waals surface area contributed by atoms with E-state index in [-0.39, 0.29) is 29.0 Å². The van der Waals surface area contributed by atoms with Crippen LogP contribution in [-0.4, -0.2) is 58.5 Å². The third-order valence-corrected chi connectivity index (χ3v) is 8.82. The van der Waals surface area contributed by atoms with Crippen LogP contribution in [-0.2, 0) is 26.2 Å².